The third-order valence-electron chi connectivity index (χ3n) is 3.41. The highest BCUT2D eigenvalue weighted by molar-refractivity contribution is 14.0. The molecule has 0 aliphatic carbocycles. The number of hydrogen-bond acceptors (Lipinski definition) is 2. The van der Waals surface area contributed by atoms with E-state index in [1.165, 1.54) is 5.56 Å². The number of nitrogens with one attached hydrogen (secondary N) is 3. The molecule has 142 valence electrons. The molecule has 0 fully saturated rings. The van der Waals surface area contributed by atoms with Crippen LogP contribution >= 0.6 is 24.0 Å². The maximum absolute atomic E-state index is 11.9. The molecule has 1 amide bonds. The monoisotopic (exact) mass is 460 g/mol. The first-order valence-electron chi connectivity index (χ1n) is 8.41. The van der Waals surface area contributed by atoms with Crippen molar-refractivity contribution in [2.75, 3.05) is 20.1 Å². The van der Waals surface area contributed by atoms with Gasteiger partial charge in [-0.25, -0.2) is 0 Å². The fraction of sp³-hybridized carbons (Fsp3) is 0.579. The Morgan fingerprint density at radius 3 is 2.16 bits per heavy atom. The largest absolute Gasteiger partial charge is 0.356 e. The van der Waals surface area contributed by atoms with Crippen LogP contribution in [0.1, 0.15) is 40.2 Å². The second kappa shape index (κ2) is 10.6. The van der Waals surface area contributed by atoms with Gasteiger partial charge in [0, 0.05) is 19.1 Å². The van der Waals surface area contributed by atoms with E-state index in [1.807, 2.05) is 26.8 Å². The topological polar surface area (TPSA) is 65.5 Å². The Kier molecular flexibility index (Phi) is 10.1. The maximum Gasteiger partial charge on any atom is 0.239 e. The van der Waals surface area contributed by atoms with Crippen LogP contribution in [0, 0.1) is 5.41 Å². The summed E-state index contributed by atoms with van der Waals surface area (Å²) < 4.78 is 0. The van der Waals surface area contributed by atoms with Crippen LogP contribution in [0.4, 0.5) is 0 Å². The summed E-state index contributed by atoms with van der Waals surface area (Å²) in [4.78, 5) is 16.0. The summed E-state index contributed by atoms with van der Waals surface area (Å²) in [6.45, 7) is 11.3. The Morgan fingerprint density at radius 2 is 1.64 bits per heavy atom. The third-order valence-corrected chi connectivity index (χ3v) is 3.41. The number of hydrogen-bond donors (Lipinski definition) is 3. The molecule has 25 heavy (non-hydrogen) atoms. The van der Waals surface area contributed by atoms with Gasteiger partial charge in [0.1, 0.15) is 0 Å². The van der Waals surface area contributed by atoms with Gasteiger partial charge in [0.15, 0.2) is 5.96 Å². The molecule has 6 heteroatoms. The lowest BCUT2D eigenvalue weighted by Crippen LogP contribution is -2.49. The van der Waals surface area contributed by atoms with Gasteiger partial charge in [0.2, 0.25) is 5.91 Å². The first kappa shape index (κ1) is 23.7. The summed E-state index contributed by atoms with van der Waals surface area (Å²) >= 11 is 0. The van der Waals surface area contributed by atoms with Crippen molar-refractivity contribution in [1.82, 2.24) is 16.0 Å². The zero-order valence-corrected chi connectivity index (χ0v) is 18.6. The lowest BCUT2D eigenvalue weighted by molar-refractivity contribution is -0.121. The van der Waals surface area contributed by atoms with Crippen LogP contribution in [-0.2, 0) is 11.2 Å². The number of halogens is 1. The highest BCUT2D eigenvalue weighted by Crippen LogP contribution is 2.20. The molecule has 0 unspecified atom stereocenters. The Balaban J connectivity index is 0.00000576. The smallest absolute Gasteiger partial charge is 0.239 e. The van der Waals surface area contributed by atoms with Gasteiger partial charge in [-0.05, 0) is 38.2 Å². The molecule has 0 atom stereocenters. The van der Waals surface area contributed by atoms with Crippen LogP contribution in [0.3, 0.4) is 0 Å². The SMILES string of the molecule is CN=C(NCC(=O)NC(C)(C)C)NCC(C)(C)Cc1ccccc1.I. The normalized spacial score (nSPS) is 12.2. The number of aliphatic imine (C=N–C) groups is 1. The van der Waals surface area contributed by atoms with Crippen LogP contribution in [0.15, 0.2) is 35.3 Å². The molecule has 0 saturated heterocycles. The van der Waals surface area contributed by atoms with E-state index in [4.69, 9.17) is 0 Å². The summed E-state index contributed by atoms with van der Waals surface area (Å²) in [5.74, 6) is 0.592. The zero-order chi connectivity index (χ0) is 18.2. The van der Waals surface area contributed by atoms with Crippen molar-refractivity contribution in [1.29, 1.82) is 0 Å². The minimum Gasteiger partial charge on any atom is -0.356 e. The van der Waals surface area contributed by atoms with E-state index in [0.29, 0.717) is 5.96 Å². The van der Waals surface area contributed by atoms with Crippen molar-refractivity contribution in [3.63, 3.8) is 0 Å². The average molecular weight is 460 g/mol. The van der Waals surface area contributed by atoms with E-state index in [2.05, 4.69) is 59.1 Å². The van der Waals surface area contributed by atoms with Crippen LogP contribution in [0.25, 0.3) is 0 Å². The van der Waals surface area contributed by atoms with E-state index in [9.17, 15) is 4.79 Å². The molecular weight excluding hydrogens is 427 g/mol. The van der Waals surface area contributed by atoms with Gasteiger partial charge in [0.05, 0.1) is 6.54 Å². The van der Waals surface area contributed by atoms with Crippen LogP contribution in [0.5, 0.6) is 0 Å². The van der Waals surface area contributed by atoms with Gasteiger partial charge in [0.25, 0.3) is 0 Å². The van der Waals surface area contributed by atoms with Crippen molar-refractivity contribution in [2.24, 2.45) is 10.4 Å². The molecule has 0 heterocycles. The van der Waals surface area contributed by atoms with E-state index < -0.39 is 0 Å². The van der Waals surface area contributed by atoms with Crippen LogP contribution in [0.2, 0.25) is 0 Å². The van der Waals surface area contributed by atoms with Crippen molar-refractivity contribution >= 4 is 35.8 Å². The first-order valence-corrected chi connectivity index (χ1v) is 8.41. The molecule has 0 spiro atoms. The number of carbonyl (C=O) groups is 1. The molecule has 0 radical (unpaired) electrons. The Labute approximate surface area is 169 Å². The summed E-state index contributed by atoms with van der Waals surface area (Å²) in [7, 11) is 1.71. The fourth-order valence-corrected chi connectivity index (χ4v) is 2.38. The number of nitrogens with zero attached hydrogens (tertiary/aromatic N) is 1. The summed E-state index contributed by atoms with van der Waals surface area (Å²) in [6.07, 6.45) is 0.975. The molecule has 0 saturated carbocycles. The number of benzene rings is 1. The molecule has 1 rings (SSSR count). The number of amides is 1. The van der Waals surface area contributed by atoms with Gasteiger partial charge in [-0.2, -0.15) is 0 Å². The molecule has 5 nitrogen and oxygen atoms in total. The standard InChI is InChI=1S/C19H32N4O.HI/c1-18(2,3)23-16(24)13-21-17(20-6)22-14-19(4,5)12-15-10-8-7-9-11-15;/h7-11H,12-14H2,1-6H3,(H,23,24)(H2,20,21,22);1H. The second-order valence-corrected chi connectivity index (χ2v) is 7.90. The Morgan fingerprint density at radius 1 is 1.04 bits per heavy atom. The molecule has 1 aromatic carbocycles. The first-order chi connectivity index (χ1) is 11.1. The van der Waals surface area contributed by atoms with Gasteiger partial charge in [-0.3, -0.25) is 9.79 Å². The summed E-state index contributed by atoms with van der Waals surface area (Å²) in [5, 5.41) is 9.28. The molecule has 0 aliphatic rings. The minimum absolute atomic E-state index is 0. The second-order valence-electron chi connectivity index (χ2n) is 7.90. The van der Waals surface area contributed by atoms with E-state index in [1.54, 1.807) is 7.05 Å². The van der Waals surface area contributed by atoms with Crippen LogP contribution < -0.4 is 16.0 Å². The Bertz CT molecular complexity index is 550. The lowest BCUT2D eigenvalue weighted by atomic mass is 9.86. The number of carbonyl (C=O) groups excluding carboxylic acids is 1. The molecule has 0 aliphatic heterocycles. The molecule has 1 aromatic rings. The number of guanidine groups is 1. The summed E-state index contributed by atoms with van der Waals surface area (Å²) in [6, 6.07) is 10.4. The van der Waals surface area contributed by atoms with Gasteiger partial charge in [-0.1, -0.05) is 44.2 Å². The van der Waals surface area contributed by atoms with Crippen molar-refractivity contribution < 1.29 is 4.79 Å². The highest BCUT2D eigenvalue weighted by atomic mass is 127. The predicted octanol–water partition coefficient (Wildman–Crippen LogP) is 2.95. The van der Waals surface area contributed by atoms with Crippen molar-refractivity contribution in [3.05, 3.63) is 35.9 Å². The molecule has 0 bridgehead atoms. The summed E-state index contributed by atoms with van der Waals surface area (Å²) in [5.41, 5.74) is 1.16. The fourth-order valence-electron chi connectivity index (χ4n) is 2.38. The highest BCUT2D eigenvalue weighted by Gasteiger charge is 2.19. The molecule has 3 N–H and O–H groups in total. The number of rotatable bonds is 6. The predicted molar refractivity (Wildman–Crippen MR) is 117 cm³/mol. The minimum atomic E-state index is -0.229. The van der Waals surface area contributed by atoms with Crippen molar-refractivity contribution in [3.8, 4) is 0 Å². The van der Waals surface area contributed by atoms with E-state index >= 15 is 0 Å². The van der Waals surface area contributed by atoms with Crippen LogP contribution in [-0.4, -0.2) is 37.5 Å². The Hall–Kier alpha value is -1.31. The zero-order valence-electron chi connectivity index (χ0n) is 16.3. The van der Waals surface area contributed by atoms with E-state index in [0.717, 1.165) is 13.0 Å². The third kappa shape index (κ3) is 11.0. The molecular formula is C19H33IN4O. The van der Waals surface area contributed by atoms with Gasteiger partial charge >= 0.3 is 0 Å². The van der Waals surface area contributed by atoms with Gasteiger partial charge in [-0.15, -0.1) is 24.0 Å². The quantitative estimate of drug-likeness (QED) is 0.348. The lowest BCUT2D eigenvalue weighted by Gasteiger charge is -2.26. The van der Waals surface area contributed by atoms with E-state index in [-0.39, 0.29) is 47.4 Å². The van der Waals surface area contributed by atoms with Crippen molar-refractivity contribution in [2.45, 2.75) is 46.6 Å². The maximum atomic E-state index is 11.9. The molecule has 0 aromatic heterocycles. The van der Waals surface area contributed by atoms with Gasteiger partial charge < -0.3 is 16.0 Å². The average Bonchev–Trinajstić information content (AvgIpc) is 2.46.